The normalized spacial score (nSPS) is 11.4. The molecular formula is C20H14ClN5O3S2. The van der Waals surface area contributed by atoms with Crippen molar-refractivity contribution in [3.63, 3.8) is 0 Å². The minimum atomic E-state index is -0.487. The monoisotopic (exact) mass is 471 g/mol. The maximum Gasteiger partial charge on any atom is 0.352 e. The second kappa shape index (κ2) is 7.80. The van der Waals surface area contributed by atoms with Crippen molar-refractivity contribution in [2.24, 2.45) is 0 Å². The van der Waals surface area contributed by atoms with Gasteiger partial charge in [0.15, 0.2) is 0 Å². The standard InChI is InChI=1S/C20H14ClN5O3S2/c21-12-3-1-4-13(9-12)22-16(27)11-25-20(29)26-15-6-8-31-17(15)18(28)24(19(26)23-25)10-14-5-2-7-30-14/h1-9H,10-11H2,(H,22,27). The molecule has 0 fully saturated rings. The first-order chi connectivity index (χ1) is 15.0. The Labute approximate surface area is 187 Å². The van der Waals surface area contributed by atoms with Crippen molar-refractivity contribution in [1.82, 2.24) is 18.7 Å². The van der Waals surface area contributed by atoms with Crippen LogP contribution in [-0.4, -0.2) is 24.7 Å². The van der Waals surface area contributed by atoms with Crippen molar-refractivity contribution in [2.75, 3.05) is 5.32 Å². The molecule has 0 unspecified atom stereocenters. The second-order valence-corrected chi connectivity index (χ2v) is 9.12. The number of hydrogen-bond donors (Lipinski definition) is 1. The first-order valence-electron chi connectivity index (χ1n) is 9.18. The van der Waals surface area contributed by atoms with Crippen LogP contribution in [0.2, 0.25) is 5.02 Å². The lowest BCUT2D eigenvalue weighted by Gasteiger charge is -2.06. The molecule has 4 heterocycles. The molecule has 0 aliphatic rings. The van der Waals surface area contributed by atoms with E-state index in [0.717, 1.165) is 9.56 Å². The van der Waals surface area contributed by atoms with Crippen LogP contribution in [0.4, 0.5) is 5.69 Å². The van der Waals surface area contributed by atoms with Crippen molar-refractivity contribution in [2.45, 2.75) is 13.1 Å². The molecule has 156 valence electrons. The number of amides is 1. The maximum absolute atomic E-state index is 13.1. The van der Waals surface area contributed by atoms with E-state index in [-0.39, 0.29) is 17.9 Å². The minimum Gasteiger partial charge on any atom is -0.324 e. The molecule has 31 heavy (non-hydrogen) atoms. The lowest BCUT2D eigenvalue weighted by Crippen LogP contribution is -2.29. The number of nitrogens with one attached hydrogen (secondary N) is 1. The van der Waals surface area contributed by atoms with Crippen molar-refractivity contribution < 1.29 is 4.79 Å². The number of carbonyl (C=O) groups is 1. The van der Waals surface area contributed by atoms with E-state index in [0.29, 0.717) is 27.5 Å². The van der Waals surface area contributed by atoms with E-state index in [1.54, 1.807) is 35.7 Å². The third-order valence-corrected chi connectivity index (χ3v) is 6.67. The first kappa shape index (κ1) is 19.7. The fraction of sp³-hybridized carbons (Fsp3) is 0.100. The highest BCUT2D eigenvalue weighted by molar-refractivity contribution is 7.17. The molecule has 0 radical (unpaired) electrons. The Morgan fingerprint density at radius 2 is 1.97 bits per heavy atom. The number of anilines is 1. The van der Waals surface area contributed by atoms with E-state index in [1.165, 1.54) is 31.6 Å². The highest BCUT2D eigenvalue weighted by atomic mass is 35.5. The molecular weight excluding hydrogens is 458 g/mol. The molecule has 1 aromatic carbocycles. The van der Waals surface area contributed by atoms with Crippen LogP contribution in [-0.2, 0) is 17.9 Å². The van der Waals surface area contributed by atoms with Crippen LogP contribution in [0.3, 0.4) is 0 Å². The van der Waals surface area contributed by atoms with Gasteiger partial charge in [0.1, 0.15) is 11.2 Å². The summed E-state index contributed by atoms with van der Waals surface area (Å²) in [4.78, 5) is 39.6. The number of carbonyl (C=O) groups excluding carboxylic acids is 1. The average molecular weight is 472 g/mol. The predicted molar refractivity (Wildman–Crippen MR) is 123 cm³/mol. The van der Waals surface area contributed by atoms with E-state index in [4.69, 9.17) is 11.6 Å². The van der Waals surface area contributed by atoms with Crippen LogP contribution in [0.25, 0.3) is 16.0 Å². The molecule has 0 spiro atoms. The molecule has 1 N–H and O–H groups in total. The van der Waals surface area contributed by atoms with Crippen molar-refractivity contribution in [1.29, 1.82) is 0 Å². The predicted octanol–water partition coefficient (Wildman–Crippen LogP) is 3.27. The van der Waals surface area contributed by atoms with Crippen LogP contribution in [0.1, 0.15) is 4.88 Å². The molecule has 0 aliphatic heterocycles. The van der Waals surface area contributed by atoms with Crippen LogP contribution in [0, 0.1) is 0 Å². The third-order valence-electron chi connectivity index (χ3n) is 4.68. The Morgan fingerprint density at radius 3 is 2.74 bits per heavy atom. The summed E-state index contributed by atoms with van der Waals surface area (Å²) in [6.45, 7) is -0.00907. The van der Waals surface area contributed by atoms with Gasteiger partial charge in [-0.2, -0.15) is 0 Å². The average Bonchev–Trinajstić information content (AvgIpc) is 3.46. The lowest BCUT2D eigenvalue weighted by atomic mass is 10.3. The van der Waals surface area contributed by atoms with E-state index in [2.05, 4.69) is 10.4 Å². The summed E-state index contributed by atoms with van der Waals surface area (Å²) in [5.41, 5.74) is 0.300. The van der Waals surface area contributed by atoms with E-state index >= 15 is 0 Å². The van der Waals surface area contributed by atoms with Gasteiger partial charge in [-0.3, -0.25) is 14.2 Å². The number of rotatable bonds is 5. The zero-order valence-corrected chi connectivity index (χ0v) is 18.2. The largest absolute Gasteiger partial charge is 0.352 e. The summed E-state index contributed by atoms with van der Waals surface area (Å²) in [5.74, 6) is -0.230. The summed E-state index contributed by atoms with van der Waals surface area (Å²) in [6, 6.07) is 12.2. The van der Waals surface area contributed by atoms with Gasteiger partial charge in [-0.25, -0.2) is 13.9 Å². The van der Waals surface area contributed by atoms with E-state index in [9.17, 15) is 14.4 Å². The Balaban J connectivity index is 1.58. The quantitative estimate of drug-likeness (QED) is 0.426. The smallest absolute Gasteiger partial charge is 0.324 e. The third kappa shape index (κ3) is 3.58. The van der Waals surface area contributed by atoms with Crippen LogP contribution in [0.5, 0.6) is 0 Å². The van der Waals surface area contributed by atoms with Crippen LogP contribution in [0.15, 0.2) is 62.8 Å². The Morgan fingerprint density at radius 1 is 1.10 bits per heavy atom. The number of thiophene rings is 2. The first-order valence-corrected chi connectivity index (χ1v) is 11.3. The van der Waals surface area contributed by atoms with Gasteiger partial charge in [-0.05, 0) is 41.1 Å². The molecule has 0 bridgehead atoms. The molecule has 0 saturated heterocycles. The summed E-state index contributed by atoms with van der Waals surface area (Å²) in [6.07, 6.45) is 0. The van der Waals surface area contributed by atoms with Gasteiger partial charge in [0, 0.05) is 15.6 Å². The van der Waals surface area contributed by atoms with Gasteiger partial charge in [0.25, 0.3) is 5.56 Å². The molecule has 8 nitrogen and oxygen atoms in total. The summed E-state index contributed by atoms with van der Waals surface area (Å²) in [7, 11) is 0. The minimum absolute atomic E-state index is 0.199. The number of nitrogens with zero attached hydrogens (tertiary/aromatic N) is 4. The van der Waals surface area contributed by atoms with Crippen molar-refractivity contribution >= 4 is 61.9 Å². The molecule has 5 aromatic rings. The Hall–Kier alpha value is -3.21. The van der Waals surface area contributed by atoms with Crippen LogP contribution >= 0.6 is 34.3 Å². The zero-order valence-electron chi connectivity index (χ0n) is 15.8. The van der Waals surface area contributed by atoms with E-state index < -0.39 is 11.6 Å². The Kier molecular flexibility index (Phi) is 4.97. The molecule has 1 amide bonds. The maximum atomic E-state index is 13.1. The van der Waals surface area contributed by atoms with Gasteiger partial charge >= 0.3 is 5.69 Å². The van der Waals surface area contributed by atoms with Crippen molar-refractivity contribution in [3.05, 3.63) is 84.0 Å². The number of fused-ring (bicyclic) bond motifs is 3. The summed E-state index contributed by atoms with van der Waals surface area (Å²) >= 11 is 8.74. The number of benzene rings is 1. The zero-order chi connectivity index (χ0) is 21.5. The number of aromatic nitrogens is 4. The van der Waals surface area contributed by atoms with Crippen LogP contribution < -0.4 is 16.6 Å². The highest BCUT2D eigenvalue weighted by Crippen LogP contribution is 2.19. The number of halogens is 1. The summed E-state index contributed by atoms with van der Waals surface area (Å²) in [5, 5.41) is 11.2. The molecule has 4 aromatic heterocycles. The van der Waals surface area contributed by atoms with Gasteiger partial charge < -0.3 is 5.32 Å². The second-order valence-electron chi connectivity index (χ2n) is 6.74. The molecule has 0 atom stereocenters. The fourth-order valence-electron chi connectivity index (χ4n) is 3.34. The van der Waals surface area contributed by atoms with Gasteiger partial charge in [0.05, 0.1) is 12.1 Å². The molecule has 5 rings (SSSR count). The SMILES string of the molecule is O=C(Cn1nc2n(Cc3cccs3)c(=O)c3sccc3n2c1=O)Nc1cccc(Cl)c1. The fourth-order valence-corrected chi connectivity index (χ4v) is 5.05. The van der Waals surface area contributed by atoms with Gasteiger partial charge in [0.2, 0.25) is 11.7 Å². The molecule has 0 aliphatic carbocycles. The van der Waals surface area contributed by atoms with Crippen molar-refractivity contribution in [3.8, 4) is 0 Å². The Bertz CT molecular complexity index is 1540. The lowest BCUT2D eigenvalue weighted by molar-refractivity contribution is -0.117. The topological polar surface area (TPSA) is 90.4 Å². The highest BCUT2D eigenvalue weighted by Gasteiger charge is 2.20. The summed E-state index contributed by atoms with van der Waals surface area (Å²) < 4.78 is 4.39. The molecule has 0 saturated carbocycles. The van der Waals surface area contributed by atoms with Gasteiger partial charge in [-0.15, -0.1) is 27.8 Å². The van der Waals surface area contributed by atoms with E-state index in [1.807, 2.05) is 17.5 Å². The number of hydrogen-bond acceptors (Lipinski definition) is 6. The van der Waals surface area contributed by atoms with Gasteiger partial charge in [-0.1, -0.05) is 23.7 Å². The molecule has 11 heteroatoms.